The smallest absolute Gasteiger partial charge is 0.269 e. The van der Waals surface area contributed by atoms with Gasteiger partial charge in [-0.3, -0.25) is 19.7 Å². The normalized spacial score (nSPS) is 10.5. The topological polar surface area (TPSA) is 141 Å². The molecular weight excluding hydrogens is 480 g/mol. The van der Waals surface area contributed by atoms with E-state index in [1.165, 1.54) is 18.3 Å². The summed E-state index contributed by atoms with van der Waals surface area (Å²) in [5.74, 6) is 0.554. The lowest BCUT2D eigenvalue weighted by atomic mass is 10.2. The summed E-state index contributed by atoms with van der Waals surface area (Å²) in [6.45, 7) is 2.42. The number of nitro groups is 1. The average molecular weight is 507 g/mol. The highest BCUT2D eigenvalue weighted by Gasteiger charge is 2.10. The maximum absolute atomic E-state index is 12.1. The number of ether oxygens (including phenoxy) is 3. The van der Waals surface area contributed by atoms with Crippen molar-refractivity contribution in [3.05, 3.63) is 88.0 Å². The molecular formula is C26H26N4O7. The summed E-state index contributed by atoms with van der Waals surface area (Å²) in [4.78, 5) is 34.4. The molecule has 11 heteroatoms. The van der Waals surface area contributed by atoms with Crippen LogP contribution in [0.25, 0.3) is 0 Å². The number of non-ortho nitro benzene ring substituents is 1. The Labute approximate surface area is 213 Å². The number of nitrogens with zero attached hydrogens (tertiary/aromatic N) is 2. The average Bonchev–Trinajstić information content (AvgIpc) is 2.89. The van der Waals surface area contributed by atoms with Gasteiger partial charge in [-0.25, -0.2) is 5.43 Å². The number of hydrazone groups is 1. The van der Waals surface area contributed by atoms with Crippen molar-refractivity contribution in [2.24, 2.45) is 5.10 Å². The summed E-state index contributed by atoms with van der Waals surface area (Å²) in [6, 6.07) is 17.9. The first kappa shape index (κ1) is 26.7. The molecule has 3 aromatic carbocycles. The Morgan fingerprint density at radius 3 is 2.35 bits per heavy atom. The van der Waals surface area contributed by atoms with E-state index < -0.39 is 23.2 Å². The van der Waals surface area contributed by atoms with Gasteiger partial charge in [-0.05, 0) is 72.6 Å². The maximum atomic E-state index is 12.1. The second-order valence-corrected chi connectivity index (χ2v) is 7.60. The molecule has 0 saturated carbocycles. The standard InChI is InChI=1S/C26H26N4O7/c1-3-36-24-14-19(6-13-23(24)37-17-18-4-9-21(10-5-18)30(33)34)16-27-29-26(32)15-25(31)28-20-7-11-22(35-2)12-8-20/h4-14,16H,3,15,17H2,1-2H3,(H,28,31)(H,29,32). The number of anilines is 1. The van der Waals surface area contributed by atoms with Crippen molar-refractivity contribution in [2.75, 3.05) is 19.0 Å². The van der Waals surface area contributed by atoms with Crippen molar-refractivity contribution >= 4 is 29.4 Å². The molecule has 0 aliphatic rings. The third-order valence-electron chi connectivity index (χ3n) is 4.91. The number of rotatable bonds is 12. The molecule has 0 aromatic heterocycles. The molecule has 37 heavy (non-hydrogen) atoms. The summed E-state index contributed by atoms with van der Waals surface area (Å²) in [5.41, 5.74) is 4.27. The summed E-state index contributed by atoms with van der Waals surface area (Å²) in [6.07, 6.45) is 1.02. The molecule has 0 aliphatic heterocycles. The van der Waals surface area contributed by atoms with E-state index in [1.54, 1.807) is 61.7 Å². The minimum Gasteiger partial charge on any atom is -0.497 e. The van der Waals surface area contributed by atoms with Crippen LogP contribution in [0.4, 0.5) is 11.4 Å². The van der Waals surface area contributed by atoms with E-state index >= 15 is 0 Å². The molecule has 2 amide bonds. The fourth-order valence-electron chi connectivity index (χ4n) is 3.11. The third kappa shape index (κ3) is 8.35. The summed E-state index contributed by atoms with van der Waals surface area (Å²) >= 11 is 0. The van der Waals surface area contributed by atoms with Gasteiger partial charge in [0.1, 0.15) is 18.8 Å². The predicted molar refractivity (Wildman–Crippen MR) is 137 cm³/mol. The van der Waals surface area contributed by atoms with E-state index in [4.69, 9.17) is 14.2 Å². The SMILES string of the molecule is CCOc1cc(C=NNC(=O)CC(=O)Nc2ccc(OC)cc2)ccc1OCc1ccc([N+](=O)[O-])cc1. The van der Waals surface area contributed by atoms with Crippen LogP contribution in [-0.4, -0.2) is 36.7 Å². The largest absolute Gasteiger partial charge is 0.497 e. The quantitative estimate of drug-likeness (QED) is 0.163. The number of carbonyl (C=O) groups excluding carboxylic acids is 2. The Bertz CT molecular complexity index is 1260. The molecule has 3 rings (SSSR count). The highest BCUT2D eigenvalue weighted by atomic mass is 16.6. The summed E-state index contributed by atoms with van der Waals surface area (Å²) in [7, 11) is 1.54. The second-order valence-electron chi connectivity index (χ2n) is 7.60. The molecule has 3 aromatic rings. The molecule has 0 fully saturated rings. The fraction of sp³-hybridized carbons (Fsp3) is 0.192. The molecule has 0 saturated heterocycles. The van der Waals surface area contributed by atoms with Crippen LogP contribution in [0, 0.1) is 10.1 Å². The van der Waals surface area contributed by atoms with Gasteiger partial charge in [0.25, 0.3) is 5.69 Å². The van der Waals surface area contributed by atoms with Gasteiger partial charge < -0.3 is 19.5 Å². The van der Waals surface area contributed by atoms with Gasteiger partial charge in [0.05, 0.1) is 24.9 Å². The van der Waals surface area contributed by atoms with Gasteiger partial charge >= 0.3 is 0 Å². The number of benzene rings is 3. The van der Waals surface area contributed by atoms with Gasteiger partial charge in [-0.2, -0.15) is 5.10 Å². The Hall–Kier alpha value is -4.93. The number of hydrogen-bond acceptors (Lipinski definition) is 8. The Balaban J connectivity index is 1.53. The highest BCUT2D eigenvalue weighted by Crippen LogP contribution is 2.29. The molecule has 0 unspecified atom stereocenters. The Morgan fingerprint density at radius 1 is 0.973 bits per heavy atom. The molecule has 192 valence electrons. The first-order valence-corrected chi connectivity index (χ1v) is 11.3. The Kier molecular flexibility index (Phi) is 9.54. The summed E-state index contributed by atoms with van der Waals surface area (Å²) in [5, 5.41) is 17.3. The lowest BCUT2D eigenvalue weighted by molar-refractivity contribution is -0.384. The number of methoxy groups -OCH3 is 1. The molecule has 11 nitrogen and oxygen atoms in total. The molecule has 0 heterocycles. The molecule has 0 spiro atoms. The zero-order valence-corrected chi connectivity index (χ0v) is 20.3. The van der Waals surface area contributed by atoms with Gasteiger partial charge in [0, 0.05) is 17.8 Å². The van der Waals surface area contributed by atoms with Crippen LogP contribution in [-0.2, 0) is 16.2 Å². The van der Waals surface area contributed by atoms with Crippen LogP contribution in [0.3, 0.4) is 0 Å². The number of carbonyl (C=O) groups is 2. The van der Waals surface area contributed by atoms with Crippen LogP contribution in [0.5, 0.6) is 17.2 Å². The van der Waals surface area contributed by atoms with Crippen molar-refractivity contribution in [3.63, 3.8) is 0 Å². The van der Waals surface area contributed by atoms with E-state index in [0.717, 1.165) is 5.56 Å². The van der Waals surface area contributed by atoms with Crippen molar-refractivity contribution in [2.45, 2.75) is 20.0 Å². The molecule has 0 atom stereocenters. The van der Waals surface area contributed by atoms with E-state index in [2.05, 4.69) is 15.8 Å². The predicted octanol–water partition coefficient (Wildman–Crippen LogP) is 4.06. The van der Waals surface area contributed by atoms with Gasteiger partial charge in [0.15, 0.2) is 11.5 Å². The van der Waals surface area contributed by atoms with Crippen LogP contribution >= 0.6 is 0 Å². The third-order valence-corrected chi connectivity index (χ3v) is 4.91. The van der Waals surface area contributed by atoms with E-state index in [0.29, 0.717) is 35.1 Å². The zero-order valence-electron chi connectivity index (χ0n) is 20.3. The first-order valence-electron chi connectivity index (χ1n) is 11.3. The van der Waals surface area contributed by atoms with Crippen LogP contribution < -0.4 is 25.0 Å². The number of amides is 2. The van der Waals surface area contributed by atoms with Gasteiger partial charge in [-0.15, -0.1) is 0 Å². The van der Waals surface area contributed by atoms with Crippen LogP contribution in [0.1, 0.15) is 24.5 Å². The number of hydrogen-bond donors (Lipinski definition) is 2. The molecule has 0 aliphatic carbocycles. The van der Waals surface area contributed by atoms with Crippen molar-refractivity contribution in [1.29, 1.82) is 0 Å². The van der Waals surface area contributed by atoms with Crippen LogP contribution in [0.2, 0.25) is 0 Å². The Morgan fingerprint density at radius 2 is 1.70 bits per heavy atom. The zero-order chi connectivity index (χ0) is 26.6. The molecule has 0 bridgehead atoms. The lowest BCUT2D eigenvalue weighted by Crippen LogP contribution is -2.24. The van der Waals surface area contributed by atoms with E-state index in [1.807, 2.05) is 6.92 Å². The monoisotopic (exact) mass is 506 g/mol. The van der Waals surface area contributed by atoms with Crippen molar-refractivity contribution < 1.29 is 28.7 Å². The first-order chi connectivity index (χ1) is 17.9. The highest BCUT2D eigenvalue weighted by molar-refractivity contribution is 6.03. The van der Waals surface area contributed by atoms with Gasteiger partial charge in [-0.1, -0.05) is 0 Å². The van der Waals surface area contributed by atoms with Gasteiger partial charge in [0.2, 0.25) is 11.8 Å². The van der Waals surface area contributed by atoms with Crippen molar-refractivity contribution in [1.82, 2.24) is 5.43 Å². The minimum atomic E-state index is -0.574. The fourth-order valence-corrected chi connectivity index (χ4v) is 3.11. The number of nitrogens with one attached hydrogen (secondary N) is 2. The maximum Gasteiger partial charge on any atom is 0.269 e. The van der Waals surface area contributed by atoms with E-state index in [-0.39, 0.29) is 12.3 Å². The second kappa shape index (κ2) is 13.2. The van der Waals surface area contributed by atoms with Crippen molar-refractivity contribution in [3.8, 4) is 17.2 Å². The lowest BCUT2D eigenvalue weighted by Gasteiger charge is -2.12. The summed E-state index contributed by atoms with van der Waals surface area (Å²) < 4.78 is 16.5. The minimum absolute atomic E-state index is 0.00681. The number of nitro benzene ring substituents is 1. The van der Waals surface area contributed by atoms with E-state index in [9.17, 15) is 19.7 Å². The molecule has 2 N–H and O–H groups in total. The molecule has 0 radical (unpaired) electrons. The van der Waals surface area contributed by atoms with Crippen LogP contribution in [0.15, 0.2) is 71.8 Å².